The van der Waals surface area contributed by atoms with Crippen LogP contribution < -0.4 is 4.74 Å². The summed E-state index contributed by atoms with van der Waals surface area (Å²) in [5, 5.41) is 13.1. The number of ether oxygens (including phenoxy) is 1. The van der Waals surface area contributed by atoms with Crippen molar-refractivity contribution in [3.8, 4) is 5.75 Å². The molecule has 0 aliphatic rings. The zero-order chi connectivity index (χ0) is 21.8. The molecule has 0 radical (unpaired) electrons. The van der Waals surface area contributed by atoms with Crippen LogP contribution in [0.1, 0.15) is 33.1 Å². The average Bonchev–Trinajstić information content (AvgIpc) is 2.59. The van der Waals surface area contributed by atoms with Crippen LogP contribution in [0.5, 0.6) is 5.75 Å². The molecular weight excluding hydrogens is 398 g/mol. The number of nitro benzene ring substituents is 1. The molecule has 5 nitrogen and oxygen atoms in total. The molecule has 2 rings (SSSR count). The van der Waals surface area contributed by atoms with Crippen LogP contribution >= 0.6 is 0 Å². The first-order valence-corrected chi connectivity index (χ1v) is 16.8. The number of hydrogen-bond acceptors (Lipinski definition) is 4. The van der Waals surface area contributed by atoms with Crippen molar-refractivity contribution in [3.05, 3.63) is 46.5 Å². The van der Waals surface area contributed by atoms with E-state index in [1.807, 2.05) is 31.2 Å². The second kappa shape index (κ2) is 9.40. The third-order valence-electron chi connectivity index (χ3n) is 5.38. The Kier molecular flexibility index (Phi) is 7.64. The minimum atomic E-state index is -1.71. The Morgan fingerprint density at radius 3 is 2.28 bits per heavy atom. The van der Waals surface area contributed by atoms with E-state index in [1.54, 1.807) is 12.1 Å². The van der Waals surface area contributed by atoms with Gasteiger partial charge in [-0.3, -0.25) is 10.1 Å². The Morgan fingerprint density at radius 2 is 1.66 bits per heavy atom. The van der Waals surface area contributed by atoms with E-state index < -0.39 is 16.6 Å². The van der Waals surface area contributed by atoms with Crippen molar-refractivity contribution in [1.82, 2.24) is 0 Å². The first kappa shape index (κ1) is 23.6. The number of hydrogen-bond donors (Lipinski definition) is 0. The zero-order valence-electron chi connectivity index (χ0n) is 18.8. The largest absolute Gasteiger partial charge is 0.484 e. The Balaban J connectivity index is 1.99. The smallest absolute Gasteiger partial charge is 0.318 e. The van der Waals surface area contributed by atoms with Gasteiger partial charge in [0, 0.05) is 0 Å². The molecule has 0 N–H and O–H groups in total. The number of nitrogens with zero attached hydrogens (tertiary/aromatic N) is 1. The van der Waals surface area contributed by atoms with Crippen LogP contribution in [0.3, 0.4) is 0 Å². The van der Waals surface area contributed by atoms with Crippen molar-refractivity contribution < 1.29 is 13.8 Å². The summed E-state index contributed by atoms with van der Waals surface area (Å²) < 4.78 is 12.5. The first-order chi connectivity index (χ1) is 13.4. The maximum absolute atomic E-state index is 11.7. The van der Waals surface area contributed by atoms with Crippen LogP contribution in [-0.2, 0) is 4.12 Å². The molecule has 7 heteroatoms. The molecule has 2 aromatic rings. The lowest BCUT2D eigenvalue weighted by atomic mass is 10.1. The van der Waals surface area contributed by atoms with Crippen molar-refractivity contribution in [2.75, 3.05) is 0 Å². The highest BCUT2D eigenvalue weighted by Crippen LogP contribution is 2.36. The van der Waals surface area contributed by atoms with Crippen molar-refractivity contribution in [2.45, 2.75) is 77.5 Å². The number of fused-ring (bicyclic) bond motifs is 1. The topological polar surface area (TPSA) is 61.6 Å². The fourth-order valence-electron chi connectivity index (χ4n) is 3.74. The van der Waals surface area contributed by atoms with Crippen LogP contribution in [-0.4, -0.2) is 27.7 Å². The third kappa shape index (κ3) is 6.65. The Labute approximate surface area is 176 Å². The SMILES string of the molecule is CC(CCCC(C)[Si](C)(C)O[Si](C)(C)C)Oc1ccc2ccccc2c1[N+](=O)[O-]. The van der Waals surface area contributed by atoms with Gasteiger partial charge in [-0.15, -0.1) is 0 Å². The molecule has 0 aromatic heterocycles. The van der Waals surface area contributed by atoms with Crippen molar-refractivity contribution >= 4 is 33.1 Å². The summed E-state index contributed by atoms with van der Waals surface area (Å²) in [5.41, 5.74) is 0.622. The lowest BCUT2D eigenvalue weighted by Crippen LogP contribution is -2.45. The van der Waals surface area contributed by atoms with Gasteiger partial charge in [0.1, 0.15) is 0 Å². The highest BCUT2D eigenvalue weighted by atomic mass is 28.4. The van der Waals surface area contributed by atoms with E-state index in [-0.39, 0.29) is 16.7 Å². The summed E-state index contributed by atoms with van der Waals surface area (Å²) in [6.07, 6.45) is 2.91. The molecule has 0 bridgehead atoms. The predicted octanol–water partition coefficient (Wildman–Crippen LogP) is 7.13. The molecule has 0 aliphatic heterocycles. The second-order valence-corrected chi connectivity index (χ2v) is 18.7. The van der Waals surface area contributed by atoms with E-state index in [9.17, 15) is 10.1 Å². The summed E-state index contributed by atoms with van der Waals surface area (Å²) in [6.45, 7) is 15.7. The van der Waals surface area contributed by atoms with Gasteiger partial charge in [0.15, 0.2) is 22.4 Å². The van der Waals surface area contributed by atoms with E-state index in [1.165, 1.54) is 0 Å². The number of benzene rings is 2. The molecule has 0 amide bonds. The lowest BCUT2D eigenvalue weighted by Gasteiger charge is -2.36. The minimum Gasteiger partial charge on any atom is -0.484 e. The highest BCUT2D eigenvalue weighted by molar-refractivity contribution is 6.84. The van der Waals surface area contributed by atoms with E-state index >= 15 is 0 Å². The van der Waals surface area contributed by atoms with Gasteiger partial charge in [0.2, 0.25) is 0 Å². The minimum absolute atomic E-state index is 0.0559. The highest BCUT2D eigenvalue weighted by Gasteiger charge is 2.34. The van der Waals surface area contributed by atoms with Crippen LogP contribution in [0.15, 0.2) is 36.4 Å². The molecule has 0 heterocycles. The predicted molar refractivity (Wildman–Crippen MR) is 126 cm³/mol. The molecule has 2 atom stereocenters. The van der Waals surface area contributed by atoms with Gasteiger partial charge in [0.05, 0.1) is 16.4 Å². The Morgan fingerprint density at radius 1 is 1.00 bits per heavy atom. The molecule has 0 spiro atoms. The fraction of sp³-hybridized carbons (Fsp3) is 0.545. The van der Waals surface area contributed by atoms with Gasteiger partial charge in [0.25, 0.3) is 0 Å². The van der Waals surface area contributed by atoms with Crippen molar-refractivity contribution in [2.24, 2.45) is 0 Å². The molecule has 0 saturated carbocycles. The maximum atomic E-state index is 11.7. The average molecular weight is 434 g/mol. The van der Waals surface area contributed by atoms with Gasteiger partial charge in [-0.1, -0.05) is 37.6 Å². The molecular formula is C22H35NO4Si2. The molecule has 0 fully saturated rings. The Bertz CT molecular complexity index is 848. The summed E-state index contributed by atoms with van der Waals surface area (Å²) in [5.74, 6) is 0.353. The zero-order valence-corrected chi connectivity index (χ0v) is 20.8. The van der Waals surface area contributed by atoms with E-state index in [2.05, 4.69) is 39.7 Å². The third-order valence-corrected chi connectivity index (χ3v) is 12.6. The summed E-state index contributed by atoms with van der Waals surface area (Å²) in [7, 11) is -3.24. The van der Waals surface area contributed by atoms with Crippen LogP contribution in [0.25, 0.3) is 10.8 Å². The van der Waals surface area contributed by atoms with Gasteiger partial charge >= 0.3 is 5.69 Å². The molecule has 0 aliphatic carbocycles. The number of rotatable bonds is 10. The maximum Gasteiger partial charge on any atom is 0.318 e. The van der Waals surface area contributed by atoms with Crippen molar-refractivity contribution in [1.29, 1.82) is 0 Å². The van der Waals surface area contributed by atoms with Crippen LogP contribution in [0, 0.1) is 10.1 Å². The van der Waals surface area contributed by atoms with Gasteiger partial charge < -0.3 is 8.85 Å². The fourth-order valence-corrected chi connectivity index (χ4v) is 11.8. The quantitative estimate of drug-likeness (QED) is 0.227. The monoisotopic (exact) mass is 433 g/mol. The van der Waals surface area contributed by atoms with Crippen LogP contribution in [0.4, 0.5) is 5.69 Å². The van der Waals surface area contributed by atoms with Gasteiger partial charge in [-0.05, 0) is 75.6 Å². The molecule has 0 saturated heterocycles. The standard InChI is InChI=1S/C22H35NO4Si2/c1-17(11-10-12-18(2)29(6,7)27-28(3,4)5)26-21-16-15-19-13-8-9-14-20(19)22(21)23(24)25/h8-9,13-18H,10-12H2,1-7H3. The van der Waals surface area contributed by atoms with Crippen molar-refractivity contribution in [3.63, 3.8) is 0 Å². The summed E-state index contributed by atoms with van der Waals surface area (Å²) in [6, 6.07) is 11.0. The van der Waals surface area contributed by atoms with Crippen LogP contribution in [0.2, 0.25) is 38.3 Å². The van der Waals surface area contributed by atoms with Gasteiger partial charge in [-0.2, -0.15) is 0 Å². The molecule has 160 valence electrons. The molecule has 2 unspecified atom stereocenters. The summed E-state index contributed by atoms with van der Waals surface area (Å²) in [4.78, 5) is 11.3. The second-order valence-electron chi connectivity index (χ2n) is 9.47. The first-order valence-electron chi connectivity index (χ1n) is 10.4. The normalized spacial score (nSPS) is 14.6. The van der Waals surface area contributed by atoms with E-state index in [0.717, 1.165) is 24.6 Å². The Hall–Kier alpha value is -1.71. The summed E-state index contributed by atoms with van der Waals surface area (Å²) >= 11 is 0. The van der Waals surface area contributed by atoms with E-state index in [4.69, 9.17) is 8.85 Å². The number of nitro groups is 1. The molecule has 29 heavy (non-hydrogen) atoms. The van der Waals surface area contributed by atoms with Gasteiger partial charge in [-0.25, -0.2) is 0 Å². The lowest BCUT2D eigenvalue weighted by molar-refractivity contribution is -0.384. The molecule has 2 aromatic carbocycles. The van der Waals surface area contributed by atoms with E-state index in [0.29, 0.717) is 16.7 Å².